The molecule has 0 saturated carbocycles. The Labute approximate surface area is 133 Å². The van der Waals surface area contributed by atoms with E-state index in [9.17, 15) is 9.18 Å². The van der Waals surface area contributed by atoms with Crippen LogP contribution in [0.25, 0.3) is 0 Å². The molecule has 1 fully saturated rings. The van der Waals surface area contributed by atoms with E-state index in [1.54, 1.807) is 0 Å². The molecule has 0 bridgehead atoms. The molecule has 1 rings (SSSR count). The number of halogens is 1. The lowest BCUT2D eigenvalue weighted by Crippen LogP contribution is -2.47. The molecule has 2 atom stereocenters. The summed E-state index contributed by atoms with van der Waals surface area (Å²) in [5.74, 6) is -0.166. The van der Waals surface area contributed by atoms with Gasteiger partial charge in [-0.15, -0.1) is 0 Å². The van der Waals surface area contributed by atoms with E-state index >= 15 is 0 Å². The SMILES string of the molecule is C=C(/C=C\C)/C=C(\C)C1CCN(C(=O)OC(C)(C)C)CC1F. The van der Waals surface area contributed by atoms with E-state index in [4.69, 9.17) is 4.74 Å². The highest BCUT2D eigenvalue weighted by Gasteiger charge is 2.34. The van der Waals surface area contributed by atoms with Gasteiger partial charge in [-0.2, -0.15) is 0 Å². The first kappa shape index (κ1) is 18.5. The number of likely N-dealkylation sites (tertiary alicyclic amines) is 1. The zero-order valence-corrected chi connectivity index (χ0v) is 14.4. The van der Waals surface area contributed by atoms with Crippen LogP contribution in [0.15, 0.2) is 36.0 Å². The first-order chi connectivity index (χ1) is 10.1. The molecule has 3 nitrogen and oxygen atoms in total. The Balaban J connectivity index is 2.66. The Morgan fingerprint density at radius 1 is 1.41 bits per heavy atom. The number of hydrogen-bond donors (Lipinski definition) is 0. The quantitative estimate of drug-likeness (QED) is 0.710. The monoisotopic (exact) mass is 309 g/mol. The second-order valence-electron chi connectivity index (χ2n) is 6.80. The molecular formula is C18H28FNO2. The largest absolute Gasteiger partial charge is 0.444 e. The smallest absolute Gasteiger partial charge is 0.410 e. The van der Waals surface area contributed by atoms with Gasteiger partial charge in [0.1, 0.15) is 11.8 Å². The molecule has 1 heterocycles. The van der Waals surface area contributed by atoms with Crippen molar-refractivity contribution in [2.45, 2.75) is 52.8 Å². The average molecular weight is 309 g/mol. The van der Waals surface area contributed by atoms with Crippen molar-refractivity contribution in [1.29, 1.82) is 0 Å². The summed E-state index contributed by atoms with van der Waals surface area (Å²) < 4.78 is 19.7. The van der Waals surface area contributed by atoms with E-state index in [2.05, 4.69) is 6.58 Å². The topological polar surface area (TPSA) is 29.5 Å². The minimum absolute atomic E-state index is 0.0842. The lowest BCUT2D eigenvalue weighted by molar-refractivity contribution is 0.00835. The summed E-state index contributed by atoms with van der Waals surface area (Å²) in [7, 11) is 0. The first-order valence-electron chi connectivity index (χ1n) is 7.76. The maximum atomic E-state index is 14.4. The first-order valence-corrected chi connectivity index (χ1v) is 7.76. The highest BCUT2D eigenvalue weighted by Crippen LogP contribution is 2.28. The van der Waals surface area contributed by atoms with Crippen molar-refractivity contribution >= 4 is 6.09 Å². The van der Waals surface area contributed by atoms with Crippen molar-refractivity contribution in [2.24, 2.45) is 5.92 Å². The van der Waals surface area contributed by atoms with Crippen molar-refractivity contribution < 1.29 is 13.9 Å². The van der Waals surface area contributed by atoms with Crippen molar-refractivity contribution in [1.82, 2.24) is 4.90 Å². The Morgan fingerprint density at radius 3 is 2.55 bits per heavy atom. The van der Waals surface area contributed by atoms with Crippen molar-refractivity contribution in [3.63, 3.8) is 0 Å². The van der Waals surface area contributed by atoms with Gasteiger partial charge in [-0.3, -0.25) is 0 Å². The standard InChI is InChI=1S/C18H28FNO2/c1-7-8-13(2)11-14(3)15-9-10-20(12-16(15)19)17(21)22-18(4,5)6/h7-8,11,15-16H,2,9-10,12H2,1,3-6H3/b8-7-,14-11+. The Bertz CT molecular complexity index is 474. The van der Waals surface area contributed by atoms with E-state index in [-0.39, 0.29) is 12.5 Å². The second kappa shape index (κ2) is 7.61. The van der Waals surface area contributed by atoms with Crippen LogP contribution in [-0.2, 0) is 4.74 Å². The van der Waals surface area contributed by atoms with Crippen molar-refractivity contribution in [3.8, 4) is 0 Å². The van der Waals surface area contributed by atoms with Crippen LogP contribution in [0.4, 0.5) is 9.18 Å². The number of alkyl halides is 1. The third-order valence-corrected chi connectivity index (χ3v) is 3.57. The summed E-state index contributed by atoms with van der Waals surface area (Å²) in [6.07, 6.45) is 4.81. The number of hydrogen-bond acceptors (Lipinski definition) is 2. The van der Waals surface area contributed by atoms with Gasteiger partial charge in [0, 0.05) is 12.5 Å². The van der Waals surface area contributed by atoms with Gasteiger partial charge in [0.2, 0.25) is 0 Å². The van der Waals surface area contributed by atoms with Crippen LogP contribution in [0.1, 0.15) is 41.0 Å². The number of rotatable bonds is 3. The molecule has 1 amide bonds. The van der Waals surface area contributed by atoms with Crippen LogP contribution in [0.3, 0.4) is 0 Å². The molecule has 124 valence electrons. The number of amides is 1. The molecule has 1 aliphatic heterocycles. The van der Waals surface area contributed by atoms with Gasteiger partial charge < -0.3 is 9.64 Å². The number of piperidine rings is 1. The molecule has 0 spiro atoms. The molecule has 0 aliphatic carbocycles. The molecule has 0 aromatic rings. The van der Waals surface area contributed by atoms with Gasteiger partial charge in [0.05, 0.1) is 6.54 Å². The fourth-order valence-corrected chi connectivity index (χ4v) is 2.57. The van der Waals surface area contributed by atoms with Crippen molar-refractivity contribution in [3.05, 3.63) is 36.0 Å². The van der Waals surface area contributed by atoms with Gasteiger partial charge in [-0.25, -0.2) is 9.18 Å². The summed E-state index contributed by atoms with van der Waals surface area (Å²) in [5, 5.41) is 0. The Morgan fingerprint density at radius 2 is 2.05 bits per heavy atom. The van der Waals surface area contributed by atoms with Crippen LogP contribution in [0.5, 0.6) is 0 Å². The number of allylic oxidation sites excluding steroid dienone is 5. The van der Waals surface area contributed by atoms with Crippen LogP contribution >= 0.6 is 0 Å². The van der Waals surface area contributed by atoms with Crippen LogP contribution in [0, 0.1) is 5.92 Å². The number of carbonyl (C=O) groups excluding carboxylic acids is 1. The minimum atomic E-state index is -1.07. The summed E-state index contributed by atoms with van der Waals surface area (Å²) in [5.41, 5.74) is 1.28. The van der Waals surface area contributed by atoms with E-state index in [0.717, 1.165) is 11.1 Å². The maximum absolute atomic E-state index is 14.4. The summed E-state index contributed by atoms with van der Waals surface area (Å²) in [6.45, 7) is 13.8. The maximum Gasteiger partial charge on any atom is 0.410 e. The lowest BCUT2D eigenvalue weighted by atomic mass is 9.87. The zero-order valence-electron chi connectivity index (χ0n) is 14.4. The molecule has 1 saturated heterocycles. The van der Waals surface area contributed by atoms with Crippen LogP contribution < -0.4 is 0 Å². The van der Waals surface area contributed by atoms with Gasteiger partial charge in [0.25, 0.3) is 0 Å². The second-order valence-corrected chi connectivity index (χ2v) is 6.80. The highest BCUT2D eigenvalue weighted by atomic mass is 19.1. The molecule has 1 aliphatic rings. The van der Waals surface area contributed by atoms with Crippen LogP contribution in [-0.4, -0.2) is 35.9 Å². The average Bonchev–Trinajstić information content (AvgIpc) is 2.36. The van der Waals surface area contributed by atoms with E-state index in [1.807, 2.05) is 52.8 Å². The molecule has 0 radical (unpaired) electrons. The summed E-state index contributed by atoms with van der Waals surface area (Å²) in [6, 6.07) is 0. The molecule has 22 heavy (non-hydrogen) atoms. The summed E-state index contributed by atoms with van der Waals surface area (Å²) >= 11 is 0. The highest BCUT2D eigenvalue weighted by molar-refractivity contribution is 5.68. The summed E-state index contributed by atoms with van der Waals surface area (Å²) in [4.78, 5) is 13.5. The van der Waals surface area contributed by atoms with Gasteiger partial charge in [-0.05, 0) is 46.6 Å². The normalized spacial score (nSPS) is 23.7. The third-order valence-electron chi connectivity index (χ3n) is 3.57. The zero-order chi connectivity index (χ0) is 16.9. The molecule has 2 unspecified atom stereocenters. The molecule has 4 heteroatoms. The molecule has 0 N–H and O–H groups in total. The molecule has 0 aromatic heterocycles. The fourth-order valence-electron chi connectivity index (χ4n) is 2.57. The van der Waals surface area contributed by atoms with Crippen LogP contribution in [0.2, 0.25) is 0 Å². The molecular weight excluding hydrogens is 281 g/mol. The number of nitrogens with zero attached hydrogens (tertiary/aromatic N) is 1. The van der Waals surface area contributed by atoms with E-state index in [1.165, 1.54) is 4.90 Å². The fraction of sp³-hybridized carbons (Fsp3) is 0.611. The van der Waals surface area contributed by atoms with Gasteiger partial charge in [0.15, 0.2) is 0 Å². The third kappa shape index (κ3) is 5.66. The predicted octanol–water partition coefficient (Wildman–Crippen LogP) is 4.66. The molecule has 0 aromatic carbocycles. The Kier molecular flexibility index (Phi) is 6.39. The lowest BCUT2D eigenvalue weighted by Gasteiger charge is -2.36. The minimum Gasteiger partial charge on any atom is -0.444 e. The van der Waals surface area contributed by atoms with Gasteiger partial charge >= 0.3 is 6.09 Å². The van der Waals surface area contributed by atoms with E-state index in [0.29, 0.717) is 13.0 Å². The van der Waals surface area contributed by atoms with Gasteiger partial charge in [-0.1, -0.05) is 30.4 Å². The Hall–Kier alpha value is -1.58. The predicted molar refractivity (Wildman–Crippen MR) is 88.5 cm³/mol. The number of ether oxygens (including phenoxy) is 1. The number of carbonyl (C=O) groups is 1. The van der Waals surface area contributed by atoms with Crippen molar-refractivity contribution in [2.75, 3.05) is 13.1 Å². The van der Waals surface area contributed by atoms with E-state index < -0.39 is 17.9 Å².